The Bertz CT molecular complexity index is 857. The molecule has 0 unspecified atom stereocenters. The summed E-state index contributed by atoms with van der Waals surface area (Å²) in [6, 6.07) is 8.23. The number of nitrogens with zero attached hydrogens (tertiary/aromatic N) is 3. The zero-order valence-corrected chi connectivity index (χ0v) is 15.3. The fourth-order valence-electron chi connectivity index (χ4n) is 4.29. The first-order chi connectivity index (χ1) is 12.7. The lowest BCUT2D eigenvalue weighted by Gasteiger charge is -2.41. The van der Waals surface area contributed by atoms with Gasteiger partial charge in [-0.1, -0.05) is 30.2 Å². The molecule has 2 aromatic rings. The van der Waals surface area contributed by atoms with Crippen molar-refractivity contribution < 1.29 is 9.53 Å². The molecule has 2 fully saturated rings. The highest BCUT2D eigenvalue weighted by atomic mass is 35.5. The molecule has 1 aromatic heterocycles. The molecule has 3 aliphatic rings. The van der Waals surface area contributed by atoms with Crippen LogP contribution < -0.4 is 10.2 Å². The Morgan fingerprint density at radius 2 is 1.96 bits per heavy atom. The van der Waals surface area contributed by atoms with Crippen LogP contribution in [0.3, 0.4) is 0 Å². The minimum Gasteiger partial charge on any atom is -0.447 e. The van der Waals surface area contributed by atoms with Gasteiger partial charge in [-0.05, 0) is 37.0 Å². The molecule has 2 aliphatic heterocycles. The van der Waals surface area contributed by atoms with E-state index in [9.17, 15) is 4.79 Å². The van der Waals surface area contributed by atoms with Crippen molar-refractivity contribution in [2.75, 3.05) is 29.9 Å². The molecule has 136 valence electrons. The number of rotatable bonds is 3. The Balaban J connectivity index is 1.51. The van der Waals surface area contributed by atoms with Crippen molar-refractivity contribution in [2.24, 2.45) is 0 Å². The Kier molecular flexibility index (Phi) is 3.64. The molecule has 26 heavy (non-hydrogen) atoms. The van der Waals surface area contributed by atoms with Crippen molar-refractivity contribution in [3.05, 3.63) is 40.5 Å². The van der Waals surface area contributed by atoms with Crippen LogP contribution in [0.5, 0.6) is 0 Å². The molecule has 0 spiro atoms. The Hall–Kier alpha value is -2.21. The van der Waals surface area contributed by atoms with E-state index >= 15 is 0 Å². The van der Waals surface area contributed by atoms with Crippen LogP contribution in [-0.4, -0.2) is 35.6 Å². The van der Waals surface area contributed by atoms with Crippen LogP contribution in [0.1, 0.15) is 36.9 Å². The van der Waals surface area contributed by atoms with Crippen molar-refractivity contribution in [1.82, 2.24) is 9.78 Å². The molecule has 1 N–H and O–H groups in total. The van der Waals surface area contributed by atoms with Crippen LogP contribution in [0.4, 0.5) is 16.3 Å². The molecule has 0 bridgehead atoms. The van der Waals surface area contributed by atoms with Gasteiger partial charge in [0.25, 0.3) is 0 Å². The fourth-order valence-corrected chi connectivity index (χ4v) is 4.68. The number of amides is 1. The van der Waals surface area contributed by atoms with Gasteiger partial charge in [-0.2, -0.15) is 5.10 Å². The number of aromatic nitrogens is 2. The summed E-state index contributed by atoms with van der Waals surface area (Å²) >= 11 is 6.73. The number of halogens is 1. The fraction of sp³-hybridized carbons (Fsp3) is 0.474. The first-order valence-electron chi connectivity index (χ1n) is 9.24. The van der Waals surface area contributed by atoms with Crippen LogP contribution in [0.2, 0.25) is 5.02 Å². The molecule has 6 nitrogen and oxygen atoms in total. The van der Waals surface area contributed by atoms with Crippen LogP contribution in [-0.2, 0) is 16.7 Å². The van der Waals surface area contributed by atoms with Gasteiger partial charge in [-0.15, -0.1) is 0 Å². The summed E-state index contributed by atoms with van der Waals surface area (Å²) in [6.45, 7) is 2.91. The number of aryl methyl sites for hydroxylation is 1. The van der Waals surface area contributed by atoms with Crippen molar-refractivity contribution in [1.29, 1.82) is 0 Å². The van der Waals surface area contributed by atoms with Crippen molar-refractivity contribution in [3.63, 3.8) is 0 Å². The van der Waals surface area contributed by atoms with E-state index in [4.69, 9.17) is 21.4 Å². The number of carbonyl (C=O) groups is 1. The molecule has 5 rings (SSSR count). The molecule has 1 saturated carbocycles. The standard InChI is InChI=1S/C19H21ClN4O2/c20-15-16(22-24-10-2-9-21-17(15)24)19(7-1-8-19)13-3-5-14(6-4-13)23-11-12-26-18(23)25/h3-6,21H,1-2,7-12H2. The van der Waals surface area contributed by atoms with Gasteiger partial charge in [0.15, 0.2) is 0 Å². The number of ether oxygens (including phenoxy) is 1. The van der Waals surface area contributed by atoms with E-state index in [0.717, 1.165) is 54.6 Å². The molecule has 1 aliphatic carbocycles. The first-order valence-corrected chi connectivity index (χ1v) is 9.62. The summed E-state index contributed by atoms with van der Waals surface area (Å²) in [5, 5.41) is 9.02. The predicted molar refractivity (Wildman–Crippen MR) is 100 cm³/mol. The molecular formula is C19H21ClN4O2. The normalized spacial score (nSPS) is 21.0. The number of hydrogen-bond acceptors (Lipinski definition) is 4. The monoisotopic (exact) mass is 372 g/mol. The number of benzene rings is 1. The van der Waals surface area contributed by atoms with Gasteiger partial charge in [-0.25, -0.2) is 9.48 Å². The molecule has 1 amide bonds. The van der Waals surface area contributed by atoms with E-state index in [1.807, 2.05) is 16.8 Å². The maximum atomic E-state index is 11.8. The summed E-state index contributed by atoms with van der Waals surface area (Å²) in [6.07, 6.45) is 4.07. The van der Waals surface area contributed by atoms with Gasteiger partial charge >= 0.3 is 6.09 Å². The molecular weight excluding hydrogens is 352 g/mol. The van der Waals surface area contributed by atoms with Gasteiger partial charge < -0.3 is 10.1 Å². The quantitative estimate of drug-likeness (QED) is 0.890. The van der Waals surface area contributed by atoms with Crippen LogP contribution >= 0.6 is 11.6 Å². The predicted octanol–water partition coefficient (Wildman–Crippen LogP) is 3.78. The van der Waals surface area contributed by atoms with Crippen LogP contribution in [0.25, 0.3) is 0 Å². The van der Waals surface area contributed by atoms with E-state index in [2.05, 4.69) is 17.4 Å². The average Bonchev–Trinajstić information content (AvgIpc) is 3.20. The number of fused-ring (bicyclic) bond motifs is 1. The second kappa shape index (κ2) is 5.91. The number of nitrogens with one attached hydrogen (secondary N) is 1. The van der Waals surface area contributed by atoms with Crippen molar-refractivity contribution in [3.8, 4) is 0 Å². The zero-order valence-electron chi connectivity index (χ0n) is 14.5. The lowest BCUT2D eigenvalue weighted by atomic mass is 9.62. The average molecular weight is 373 g/mol. The molecule has 1 aromatic carbocycles. The van der Waals surface area contributed by atoms with Crippen LogP contribution in [0.15, 0.2) is 24.3 Å². The highest BCUT2D eigenvalue weighted by Gasteiger charge is 2.45. The third-order valence-corrected chi connectivity index (χ3v) is 6.24. The summed E-state index contributed by atoms with van der Waals surface area (Å²) in [7, 11) is 0. The van der Waals surface area contributed by atoms with E-state index in [1.54, 1.807) is 4.90 Å². The SMILES string of the molecule is O=C1OCCN1c1ccc(C2(c3nn4c(c3Cl)NCCC4)CCC2)cc1. The zero-order chi connectivity index (χ0) is 17.7. The third kappa shape index (κ3) is 2.24. The third-order valence-electron chi connectivity index (χ3n) is 5.89. The molecule has 0 radical (unpaired) electrons. The Morgan fingerprint density at radius 1 is 1.15 bits per heavy atom. The number of carbonyl (C=O) groups excluding carboxylic acids is 1. The smallest absolute Gasteiger partial charge is 0.414 e. The van der Waals surface area contributed by atoms with Gasteiger partial charge in [0, 0.05) is 24.2 Å². The Morgan fingerprint density at radius 3 is 2.58 bits per heavy atom. The second-order valence-electron chi connectivity index (χ2n) is 7.26. The van der Waals surface area contributed by atoms with Crippen LogP contribution in [0, 0.1) is 0 Å². The van der Waals surface area contributed by atoms with E-state index in [0.29, 0.717) is 13.2 Å². The topological polar surface area (TPSA) is 59.4 Å². The lowest BCUT2D eigenvalue weighted by molar-refractivity contribution is 0.181. The van der Waals surface area contributed by atoms with Crippen molar-refractivity contribution >= 4 is 29.2 Å². The number of anilines is 2. The highest BCUT2D eigenvalue weighted by molar-refractivity contribution is 6.33. The molecule has 7 heteroatoms. The molecule has 1 saturated heterocycles. The maximum absolute atomic E-state index is 11.8. The largest absolute Gasteiger partial charge is 0.447 e. The summed E-state index contributed by atoms with van der Waals surface area (Å²) < 4.78 is 7.04. The molecule has 0 atom stereocenters. The van der Waals surface area contributed by atoms with Gasteiger partial charge in [0.05, 0.1) is 12.2 Å². The maximum Gasteiger partial charge on any atom is 0.414 e. The first kappa shape index (κ1) is 16.0. The lowest BCUT2D eigenvalue weighted by Crippen LogP contribution is -2.36. The highest BCUT2D eigenvalue weighted by Crippen LogP contribution is 2.52. The summed E-state index contributed by atoms with van der Waals surface area (Å²) in [5.41, 5.74) is 2.97. The van der Waals surface area contributed by atoms with E-state index in [1.165, 1.54) is 12.0 Å². The van der Waals surface area contributed by atoms with Gasteiger partial charge in [-0.3, -0.25) is 4.90 Å². The van der Waals surface area contributed by atoms with Gasteiger partial charge in [0.1, 0.15) is 17.4 Å². The van der Waals surface area contributed by atoms with E-state index in [-0.39, 0.29) is 11.5 Å². The van der Waals surface area contributed by atoms with Crippen molar-refractivity contribution in [2.45, 2.75) is 37.6 Å². The second-order valence-corrected chi connectivity index (χ2v) is 7.64. The van der Waals surface area contributed by atoms with E-state index < -0.39 is 0 Å². The summed E-state index contributed by atoms with van der Waals surface area (Å²) in [5.74, 6) is 0.954. The number of hydrogen-bond donors (Lipinski definition) is 1. The Labute approximate surface area is 157 Å². The minimum atomic E-state index is -0.271. The number of cyclic esters (lactones) is 1. The van der Waals surface area contributed by atoms with Gasteiger partial charge in [0.2, 0.25) is 0 Å². The summed E-state index contributed by atoms with van der Waals surface area (Å²) in [4.78, 5) is 13.4. The molecule has 3 heterocycles. The minimum absolute atomic E-state index is 0.118.